The first-order valence-corrected chi connectivity index (χ1v) is 4.07. The smallest absolute Gasteiger partial charge is 0.403 e. The molecule has 0 radical (unpaired) electrons. The number of carbonyl (C=O) groups excluding carboxylic acids is 1. The van der Waals surface area contributed by atoms with E-state index >= 15 is 0 Å². The maximum atomic E-state index is 12.1. The van der Waals surface area contributed by atoms with Gasteiger partial charge in [0.1, 0.15) is 0 Å². The molecule has 4 N–H and O–H groups in total. The van der Waals surface area contributed by atoms with E-state index in [1.165, 1.54) is 0 Å². The SMILES string of the molecule is NCc1ncc(N)c(C=O)c1OC(F)(F)F. The summed E-state index contributed by atoms with van der Waals surface area (Å²) >= 11 is 0. The summed E-state index contributed by atoms with van der Waals surface area (Å²) in [4.78, 5) is 14.2. The monoisotopic (exact) mass is 235 g/mol. The minimum Gasteiger partial charge on any atom is -0.403 e. The summed E-state index contributed by atoms with van der Waals surface area (Å²) in [7, 11) is 0. The van der Waals surface area contributed by atoms with Gasteiger partial charge in [-0.05, 0) is 0 Å². The maximum absolute atomic E-state index is 12.1. The highest BCUT2D eigenvalue weighted by Gasteiger charge is 2.34. The Morgan fingerprint density at radius 3 is 2.56 bits per heavy atom. The van der Waals surface area contributed by atoms with E-state index in [1.807, 2.05) is 0 Å². The molecule has 0 unspecified atom stereocenters. The Morgan fingerprint density at radius 2 is 2.12 bits per heavy atom. The number of carbonyl (C=O) groups is 1. The largest absolute Gasteiger partial charge is 0.573 e. The molecule has 88 valence electrons. The number of hydrogen-bond donors (Lipinski definition) is 2. The summed E-state index contributed by atoms with van der Waals surface area (Å²) in [5.41, 5.74) is 9.67. The molecule has 1 aromatic heterocycles. The van der Waals surface area contributed by atoms with Crippen LogP contribution in [0.15, 0.2) is 6.20 Å². The third-order valence-electron chi connectivity index (χ3n) is 1.71. The number of ether oxygens (including phenoxy) is 1. The van der Waals surface area contributed by atoms with Crippen molar-refractivity contribution in [3.05, 3.63) is 17.5 Å². The number of pyridine rings is 1. The standard InChI is InChI=1S/C8H8F3N3O2/c9-8(10,11)16-7-4(3-15)5(13)2-14-6(7)1-12/h2-3H,1,12-13H2. The van der Waals surface area contributed by atoms with Gasteiger partial charge in [-0.25, -0.2) is 0 Å². The zero-order valence-electron chi connectivity index (χ0n) is 7.91. The van der Waals surface area contributed by atoms with Gasteiger partial charge in [0.25, 0.3) is 0 Å². The van der Waals surface area contributed by atoms with Crippen LogP contribution in [0.1, 0.15) is 16.1 Å². The van der Waals surface area contributed by atoms with Crippen molar-refractivity contribution in [1.82, 2.24) is 4.98 Å². The summed E-state index contributed by atoms with van der Waals surface area (Å²) < 4.78 is 39.8. The third kappa shape index (κ3) is 2.60. The van der Waals surface area contributed by atoms with Gasteiger partial charge < -0.3 is 16.2 Å². The third-order valence-corrected chi connectivity index (χ3v) is 1.71. The molecule has 1 rings (SSSR count). The second kappa shape index (κ2) is 4.35. The van der Waals surface area contributed by atoms with Gasteiger partial charge in [0.2, 0.25) is 0 Å². The van der Waals surface area contributed by atoms with E-state index in [4.69, 9.17) is 11.5 Å². The number of anilines is 1. The predicted octanol–water partition coefficient (Wildman–Crippen LogP) is 0.834. The van der Waals surface area contributed by atoms with E-state index in [9.17, 15) is 18.0 Å². The lowest BCUT2D eigenvalue weighted by atomic mass is 10.2. The van der Waals surface area contributed by atoms with Crippen LogP contribution >= 0.6 is 0 Å². The van der Waals surface area contributed by atoms with Gasteiger partial charge in [-0.3, -0.25) is 9.78 Å². The van der Waals surface area contributed by atoms with Crippen molar-refractivity contribution in [2.24, 2.45) is 5.73 Å². The Labute approximate surface area is 88.2 Å². The number of nitrogen functional groups attached to an aromatic ring is 1. The highest BCUT2D eigenvalue weighted by Crippen LogP contribution is 2.30. The molecule has 0 fully saturated rings. The maximum Gasteiger partial charge on any atom is 0.573 e. The number of alkyl halides is 3. The molecule has 16 heavy (non-hydrogen) atoms. The number of rotatable bonds is 3. The quantitative estimate of drug-likeness (QED) is 0.757. The zero-order chi connectivity index (χ0) is 12.3. The minimum atomic E-state index is -4.93. The highest BCUT2D eigenvalue weighted by molar-refractivity contribution is 5.87. The molecule has 5 nitrogen and oxygen atoms in total. The summed E-state index contributed by atoms with van der Waals surface area (Å²) in [6, 6.07) is 0. The van der Waals surface area contributed by atoms with Crippen molar-refractivity contribution in [2.75, 3.05) is 5.73 Å². The summed E-state index contributed by atoms with van der Waals surface area (Å²) in [5.74, 6) is -0.745. The first-order chi connectivity index (χ1) is 7.39. The van der Waals surface area contributed by atoms with Crippen LogP contribution in [0.4, 0.5) is 18.9 Å². The summed E-state index contributed by atoms with van der Waals surface area (Å²) in [6.45, 7) is -0.299. The molecule has 0 bridgehead atoms. The molecule has 0 saturated carbocycles. The molecule has 0 aromatic carbocycles. The fourth-order valence-corrected chi connectivity index (χ4v) is 1.06. The van der Waals surface area contributed by atoms with Crippen LogP contribution in [0.5, 0.6) is 5.75 Å². The van der Waals surface area contributed by atoms with Crippen LogP contribution in [0, 0.1) is 0 Å². The molecule has 0 spiro atoms. The second-order valence-corrected chi connectivity index (χ2v) is 2.77. The van der Waals surface area contributed by atoms with Crippen LogP contribution in [0.25, 0.3) is 0 Å². The number of nitrogens with zero attached hydrogens (tertiary/aromatic N) is 1. The molecule has 0 saturated heterocycles. The lowest BCUT2D eigenvalue weighted by Gasteiger charge is -2.14. The molecule has 0 aliphatic rings. The van der Waals surface area contributed by atoms with E-state index in [-0.39, 0.29) is 24.2 Å². The first kappa shape index (κ1) is 12.2. The Kier molecular flexibility index (Phi) is 3.33. The molecule has 8 heteroatoms. The van der Waals surface area contributed by atoms with Gasteiger partial charge in [-0.1, -0.05) is 0 Å². The van der Waals surface area contributed by atoms with Gasteiger partial charge in [0, 0.05) is 6.54 Å². The lowest BCUT2D eigenvalue weighted by molar-refractivity contribution is -0.275. The van der Waals surface area contributed by atoms with Crippen molar-refractivity contribution in [3.8, 4) is 5.75 Å². The predicted molar refractivity (Wildman–Crippen MR) is 48.6 cm³/mol. The van der Waals surface area contributed by atoms with Crippen molar-refractivity contribution in [1.29, 1.82) is 0 Å². The van der Waals surface area contributed by atoms with Crippen LogP contribution < -0.4 is 16.2 Å². The van der Waals surface area contributed by atoms with Crippen molar-refractivity contribution in [2.45, 2.75) is 12.9 Å². The van der Waals surface area contributed by atoms with Crippen molar-refractivity contribution in [3.63, 3.8) is 0 Å². The average Bonchev–Trinajstić information content (AvgIpc) is 2.16. The van der Waals surface area contributed by atoms with Crippen LogP contribution in [-0.2, 0) is 6.54 Å². The van der Waals surface area contributed by atoms with E-state index < -0.39 is 17.7 Å². The Morgan fingerprint density at radius 1 is 1.50 bits per heavy atom. The van der Waals surface area contributed by atoms with E-state index in [2.05, 4.69) is 9.72 Å². The normalized spacial score (nSPS) is 11.2. The number of halogens is 3. The average molecular weight is 235 g/mol. The Hall–Kier alpha value is -1.83. The first-order valence-electron chi connectivity index (χ1n) is 4.07. The topological polar surface area (TPSA) is 91.2 Å². The molecule has 1 heterocycles. The molecular weight excluding hydrogens is 227 g/mol. The number of hydrogen-bond acceptors (Lipinski definition) is 5. The summed E-state index contributed by atoms with van der Waals surface area (Å²) in [5, 5.41) is 0. The number of aldehydes is 1. The second-order valence-electron chi connectivity index (χ2n) is 2.77. The van der Waals surface area contributed by atoms with Gasteiger partial charge in [-0.2, -0.15) is 0 Å². The van der Waals surface area contributed by atoms with Crippen molar-refractivity contribution < 1.29 is 22.7 Å². The van der Waals surface area contributed by atoms with Crippen molar-refractivity contribution >= 4 is 12.0 Å². The van der Waals surface area contributed by atoms with Crippen LogP contribution in [0.3, 0.4) is 0 Å². The molecule has 1 aromatic rings. The highest BCUT2D eigenvalue weighted by atomic mass is 19.4. The molecule has 0 amide bonds. The number of aromatic nitrogens is 1. The van der Waals surface area contributed by atoms with Gasteiger partial charge in [0.15, 0.2) is 12.0 Å². The van der Waals surface area contributed by atoms with Crippen LogP contribution in [0.2, 0.25) is 0 Å². The van der Waals surface area contributed by atoms with E-state index in [0.717, 1.165) is 6.20 Å². The lowest BCUT2D eigenvalue weighted by Crippen LogP contribution is -2.21. The Balaban J connectivity index is 3.31. The van der Waals surface area contributed by atoms with Gasteiger partial charge in [-0.15, -0.1) is 13.2 Å². The molecular formula is C8H8F3N3O2. The van der Waals surface area contributed by atoms with E-state index in [0.29, 0.717) is 0 Å². The summed E-state index contributed by atoms with van der Waals surface area (Å²) in [6.07, 6.45) is -3.72. The van der Waals surface area contributed by atoms with Crippen LogP contribution in [-0.4, -0.2) is 17.6 Å². The van der Waals surface area contributed by atoms with E-state index in [1.54, 1.807) is 0 Å². The fourth-order valence-electron chi connectivity index (χ4n) is 1.06. The van der Waals surface area contributed by atoms with Gasteiger partial charge >= 0.3 is 6.36 Å². The van der Waals surface area contributed by atoms with Gasteiger partial charge in [0.05, 0.1) is 23.1 Å². The Bertz CT molecular complexity index is 406. The molecule has 0 aliphatic heterocycles. The number of nitrogens with two attached hydrogens (primary N) is 2. The molecule has 0 aliphatic carbocycles. The zero-order valence-corrected chi connectivity index (χ0v) is 7.91. The minimum absolute atomic E-state index is 0.164. The molecule has 0 atom stereocenters. The fraction of sp³-hybridized carbons (Fsp3) is 0.250.